The van der Waals surface area contributed by atoms with Crippen molar-refractivity contribution in [1.29, 1.82) is 0 Å². The highest BCUT2D eigenvalue weighted by Gasteiger charge is 2.23. The molecule has 194 valence electrons. The number of anilines is 1. The van der Waals surface area contributed by atoms with Crippen LogP contribution in [0.3, 0.4) is 0 Å². The molecule has 0 unspecified atom stereocenters. The van der Waals surface area contributed by atoms with E-state index in [4.69, 9.17) is 23.2 Å². The summed E-state index contributed by atoms with van der Waals surface area (Å²) < 4.78 is 30.6. The molecule has 0 aliphatic heterocycles. The largest absolute Gasteiger partial charge is 0.319 e. The molecule has 38 heavy (non-hydrogen) atoms. The summed E-state index contributed by atoms with van der Waals surface area (Å²) in [5.41, 5.74) is 4.45. The second-order valence-corrected chi connectivity index (χ2v) is 9.75. The molecule has 11 heteroatoms. The molecule has 1 N–H and O–H groups in total. The third-order valence-corrected chi connectivity index (χ3v) is 6.99. The van der Waals surface area contributed by atoms with Crippen LogP contribution in [-0.2, 0) is 6.54 Å². The fourth-order valence-corrected chi connectivity index (χ4v) is 4.52. The Kier molecular flexibility index (Phi) is 6.90. The van der Waals surface area contributed by atoms with Gasteiger partial charge in [0.05, 0.1) is 45.6 Å². The van der Waals surface area contributed by atoms with Crippen LogP contribution in [0, 0.1) is 20.8 Å². The molecular formula is C27H22Cl2F2N6O. The van der Waals surface area contributed by atoms with Gasteiger partial charge in [-0.25, -0.2) is 18.3 Å². The summed E-state index contributed by atoms with van der Waals surface area (Å²) >= 11 is 12.2. The number of alkyl halides is 2. The average Bonchev–Trinajstić information content (AvgIpc) is 3.42. The summed E-state index contributed by atoms with van der Waals surface area (Å²) in [6, 6.07) is 13.9. The number of aromatic nitrogens is 5. The van der Waals surface area contributed by atoms with Gasteiger partial charge in [0.25, 0.3) is 12.3 Å². The zero-order valence-electron chi connectivity index (χ0n) is 20.6. The molecule has 0 bridgehead atoms. The van der Waals surface area contributed by atoms with Crippen molar-refractivity contribution in [3.63, 3.8) is 0 Å². The molecular weight excluding hydrogens is 533 g/mol. The van der Waals surface area contributed by atoms with Crippen molar-refractivity contribution in [2.45, 2.75) is 33.7 Å². The Morgan fingerprint density at radius 1 is 1.03 bits per heavy atom. The van der Waals surface area contributed by atoms with Gasteiger partial charge < -0.3 is 5.32 Å². The minimum absolute atomic E-state index is 0.0365. The molecule has 5 aromatic rings. The maximum absolute atomic E-state index is 13.9. The average molecular weight is 555 g/mol. The zero-order chi connectivity index (χ0) is 27.1. The number of hydrogen-bond donors (Lipinski definition) is 1. The van der Waals surface area contributed by atoms with E-state index in [-0.39, 0.29) is 16.9 Å². The fourth-order valence-electron chi connectivity index (χ4n) is 4.20. The van der Waals surface area contributed by atoms with Crippen LogP contribution in [0.15, 0.2) is 54.7 Å². The van der Waals surface area contributed by atoms with Crippen molar-refractivity contribution in [3.8, 4) is 11.3 Å². The van der Waals surface area contributed by atoms with Crippen LogP contribution in [0.5, 0.6) is 0 Å². The smallest absolute Gasteiger partial charge is 0.280 e. The number of carbonyl (C=O) groups excluding carboxylic acids is 1. The molecule has 0 spiro atoms. The van der Waals surface area contributed by atoms with Gasteiger partial charge in [-0.3, -0.25) is 9.48 Å². The van der Waals surface area contributed by atoms with Gasteiger partial charge in [-0.05, 0) is 44.5 Å². The molecule has 0 saturated heterocycles. The third kappa shape index (κ3) is 4.87. The van der Waals surface area contributed by atoms with E-state index in [1.807, 2.05) is 32.0 Å². The van der Waals surface area contributed by atoms with Crippen LogP contribution >= 0.6 is 23.2 Å². The first kappa shape index (κ1) is 25.8. The van der Waals surface area contributed by atoms with E-state index in [9.17, 15) is 13.6 Å². The maximum Gasteiger partial charge on any atom is 0.280 e. The predicted octanol–water partition coefficient (Wildman–Crippen LogP) is 7.06. The van der Waals surface area contributed by atoms with E-state index in [0.29, 0.717) is 44.9 Å². The SMILES string of the molecule is Cc1ccc(-c2cc(C(F)F)n3ncc(C(=O)Nc4c(C)nn(Cc5ccc(Cl)c(Cl)c5)c4C)c3n2)cc1. The molecule has 0 aliphatic carbocycles. The molecule has 2 aromatic carbocycles. The number of rotatable bonds is 6. The Hall–Kier alpha value is -3.82. The van der Waals surface area contributed by atoms with Gasteiger partial charge in [0.2, 0.25) is 0 Å². The van der Waals surface area contributed by atoms with Crippen molar-refractivity contribution in [2.24, 2.45) is 0 Å². The van der Waals surface area contributed by atoms with Crippen molar-refractivity contribution in [1.82, 2.24) is 24.4 Å². The van der Waals surface area contributed by atoms with Gasteiger partial charge in [-0.1, -0.05) is 59.1 Å². The molecule has 0 radical (unpaired) electrons. The highest BCUT2D eigenvalue weighted by molar-refractivity contribution is 6.42. The second kappa shape index (κ2) is 10.2. The summed E-state index contributed by atoms with van der Waals surface area (Å²) in [5.74, 6) is -0.533. The van der Waals surface area contributed by atoms with Crippen molar-refractivity contribution < 1.29 is 13.6 Å². The van der Waals surface area contributed by atoms with Gasteiger partial charge in [0, 0.05) is 5.56 Å². The lowest BCUT2D eigenvalue weighted by Crippen LogP contribution is -2.14. The molecule has 1 amide bonds. The monoisotopic (exact) mass is 554 g/mol. The Labute approximate surface area is 227 Å². The number of fused-ring (bicyclic) bond motifs is 1. The van der Waals surface area contributed by atoms with Crippen molar-refractivity contribution in [2.75, 3.05) is 5.32 Å². The highest BCUT2D eigenvalue weighted by atomic mass is 35.5. The predicted molar refractivity (Wildman–Crippen MR) is 143 cm³/mol. The van der Waals surface area contributed by atoms with E-state index in [2.05, 4.69) is 20.5 Å². The Morgan fingerprint density at radius 2 is 1.76 bits per heavy atom. The van der Waals surface area contributed by atoms with Gasteiger partial charge in [-0.15, -0.1) is 0 Å². The van der Waals surface area contributed by atoms with Crippen LogP contribution in [-0.4, -0.2) is 30.3 Å². The third-order valence-electron chi connectivity index (χ3n) is 6.25. The number of nitrogens with zero attached hydrogens (tertiary/aromatic N) is 5. The van der Waals surface area contributed by atoms with Gasteiger partial charge >= 0.3 is 0 Å². The Morgan fingerprint density at radius 3 is 2.45 bits per heavy atom. The molecule has 0 atom stereocenters. The molecule has 5 rings (SSSR count). The number of amides is 1. The summed E-state index contributed by atoms with van der Waals surface area (Å²) in [5, 5.41) is 12.3. The lowest BCUT2D eigenvalue weighted by Gasteiger charge is -2.10. The standard InChI is InChI=1S/C27H22Cl2F2N6O/c1-14-4-7-18(8-5-14)22-11-23(25(30)31)37-26(33-22)19(12-32-37)27(38)34-24-15(2)35-36(16(24)3)13-17-6-9-20(28)21(29)10-17/h4-12,25H,13H2,1-3H3,(H,34,38). The summed E-state index contributed by atoms with van der Waals surface area (Å²) in [6.45, 7) is 5.94. The molecule has 0 fully saturated rings. The minimum atomic E-state index is -2.82. The maximum atomic E-state index is 13.9. The minimum Gasteiger partial charge on any atom is -0.319 e. The van der Waals surface area contributed by atoms with Crippen molar-refractivity contribution >= 4 is 40.4 Å². The van der Waals surface area contributed by atoms with E-state index < -0.39 is 12.3 Å². The number of aryl methyl sites for hydroxylation is 2. The van der Waals surface area contributed by atoms with E-state index in [1.54, 1.807) is 35.9 Å². The number of nitrogens with one attached hydrogen (secondary N) is 1. The van der Waals surface area contributed by atoms with E-state index in [1.165, 1.54) is 12.3 Å². The lowest BCUT2D eigenvalue weighted by molar-refractivity contribution is 0.102. The number of carbonyl (C=O) groups is 1. The summed E-state index contributed by atoms with van der Waals surface area (Å²) in [6.07, 6.45) is -1.57. The van der Waals surface area contributed by atoms with Crippen LogP contribution < -0.4 is 5.32 Å². The Balaban J connectivity index is 1.49. The van der Waals surface area contributed by atoms with Crippen LogP contribution in [0.4, 0.5) is 14.5 Å². The number of benzene rings is 2. The first-order valence-electron chi connectivity index (χ1n) is 11.7. The molecule has 7 nitrogen and oxygen atoms in total. The first-order chi connectivity index (χ1) is 18.1. The van der Waals surface area contributed by atoms with Gasteiger partial charge in [-0.2, -0.15) is 10.2 Å². The first-order valence-corrected chi connectivity index (χ1v) is 12.4. The zero-order valence-corrected chi connectivity index (χ0v) is 22.1. The van der Waals surface area contributed by atoms with Crippen LogP contribution in [0.1, 0.15) is 45.0 Å². The van der Waals surface area contributed by atoms with Crippen LogP contribution in [0.2, 0.25) is 10.0 Å². The Bertz CT molecular complexity index is 1680. The molecule has 3 aromatic heterocycles. The summed E-state index contributed by atoms with van der Waals surface area (Å²) in [7, 11) is 0. The molecule has 0 saturated carbocycles. The van der Waals surface area contributed by atoms with Crippen LogP contribution in [0.25, 0.3) is 16.9 Å². The van der Waals surface area contributed by atoms with Crippen molar-refractivity contribution in [3.05, 3.63) is 98.5 Å². The lowest BCUT2D eigenvalue weighted by atomic mass is 10.1. The summed E-state index contributed by atoms with van der Waals surface area (Å²) in [4.78, 5) is 17.9. The van der Waals surface area contributed by atoms with Gasteiger partial charge in [0.1, 0.15) is 11.3 Å². The fraction of sp³-hybridized carbons (Fsp3) is 0.185. The van der Waals surface area contributed by atoms with Gasteiger partial charge in [0.15, 0.2) is 5.65 Å². The molecule has 3 heterocycles. The number of halogens is 4. The highest BCUT2D eigenvalue weighted by Crippen LogP contribution is 2.29. The normalized spacial score (nSPS) is 11.5. The van der Waals surface area contributed by atoms with E-state index >= 15 is 0 Å². The topological polar surface area (TPSA) is 77.1 Å². The number of hydrogen-bond acceptors (Lipinski definition) is 4. The quantitative estimate of drug-likeness (QED) is 0.243. The van der Waals surface area contributed by atoms with E-state index in [0.717, 1.165) is 15.6 Å². The molecule has 0 aliphatic rings. The second-order valence-electron chi connectivity index (χ2n) is 8.93.